The first kappa shape index (κ1) is 19.9. The van der Waals surface area contributed by atoms with Crippen molar-refractivity contribution in [3.05, 3.63) is 47.0 Å². The van der Waals surface area contributed by atoms with E-state index < -0.39 is 0 Å². The molecular formula is C22H29N3O3. The summed E-state index contributed by atoms with van der Waals surface area (Å²) in [6, 6.07) is 9.72. The van der Waals surface area contributed by atoms with E-state index in [1.165, 1.54) is 22.4 Å². The minimum Gasteiger partial charge on any atom is -0.493 e. The van der Waals surface area contributed by atoms with Gasteiger partial charge in [-0.25, -0.2) is 4.79 Å². The number of carbonyl (C=O) groups is 1. The zero-order valence-corrected chi connectivity index (χ0v) is 17.3. The molecular weight excluding hydrogens is 354 g/mol. The molecule has 28 heavy (non-hydrogen) atoms. The summed E-state index contributed by atoms with van der Waals surface area (Å²) in [5.74, 6) is 1.23. The van der Waals surface area contributed by atoms with Crippen LogP contribution >= 0.6 is 0 Å². The molecule has 1 aliphatic rings. The van der Waals surface area contributed by atoms with E-state index in [0.29, 0.717) is 30.3 Å². The number of hydrogen-bond donors (Lipinski definition) is 1. The number of benzene rings is 2. The molecule has 1 heterocycles. The molecule has 6 heteroatoms. The molecule has 150 valence electrons. The molecule has 0 spiro atoms. The van der Waals surface area contributed by atoms with Crippen LogP contribution < -0.4 is 19.7 Å². The van der Waals surface area contributed by atoms with Gasteiger partial charge >= 0.3 is 6.03 Å². The van der Waals surface area contributed by atoms with E-state index in [1.54, 1.807) is 26.4 Å². The van der Waals surface area contributed by atoms with E-state index >= 15 is 0 Å². The lowest BCUT2D eigenvalue weighted by molar-refractivity contribution is 0.208. The van der Waals surface area contributed by atoms with Crippen molar-refractivity contribution in [3.8, 4) is 11.5 Å². The minimum atomic E-state index is -0.0933. The normalized spacial score (nSPS) is 14.0. The quantitative estimate of drug-likeness (QED) is 0.868. The highest BCUT2D eigenvalue weighted by Gasteiger charge is 2.23. The molecule has 0 radical (unpaired) electrons. The van der Waals surface area contributed by atoms with Gasteiger partial charge in [0.2, 0.25) is 0 Å². The van der Waals surface area contributed by atoms with Crippen LogP contribution in [0.2, 0.25) is 0 Å². The fourth-order valence-corrected chi connectivity index (χ4v) is 3.92. The molecule has 2 aromatic rings. The first-order valence-corrected chi connectivity index (χ1v) is 9.53. The molecule has 2 aromatic carbocycles. The minimum absolute atomic E-state index is 0.0933. The zero-order chi connectivity index (χ0) is 20.3. The van der Waals surface area contributed by atoms with Gasteiger partial charge in [-0.05, 0) is 44.0 Å². The second-order valence-electron chi connectivity index (χ2n) is 7.22. The van der Waals surface area contributed by atoms with Crippen molar-refractivity contribution in [1.82, 2.24) is 4.90 Å². The predicted molar refractivity (Wildman–Crippen MR) is 113 cm³/mol. The van der Waals surface area contributed by atoms with Crippen molar-refractivity contribution in [2.75, 3.05) is 50.6 Å². The van der Waals surface area contributed by atoms with E-state index in [2.05, 4.69) is 43.1 Å². The summed E-state index contributed by atoms with van der Waals surface area (Å²) in [6.07, 6.45) is 0. The van der Waals surface area contributed by atoms with Gasteiger partial charge in [0.05, 0.1) is 14.2 Å². The summed E-state index contributed by atoms with van der Waals surface area (Å²) in [4.78, 5) is 16.9. The number of amides is 2. The van der Waals surface area contributed by atoms with Crippen molar-refractivity contribution in [1.29, 1.82) is 0 Å². The molecule has 0 aliphatic carbocycles. The van der Waals surface area contributed by atoms with Crippen LogP contribution in [0.3, 0.4) is 0 Å². The van der Waals surface area contributed by atoms with Crippen LogP contribution in [-0.2, 0) is 0 Å². The number of anilines is 2. The average Bonchev–Trinajstić information content (AvgIpc) is 2.67. The fourth-order valence-electron chi connectivity index (χ4n) is 3.92. The standard InChI is InChI=1S/C22H29N3O3/c1-15-12-16(2)21(17(3)13-15)24-8-10-25(11-9-24)22(26)23-18-6-7-19(27-4)20(14-18)28-5/h6-7,12-14H,8-11H2,1-5H3,(H,23,26). The monoisotopic (exact) mass is 383 g/mol. The molecule has 1 saturated heterocycles. The van der Waals surface area contributed by atoms with Gasteiger partial charge in [0.25, 0.3) is 0 Å². The number of aryl methyl sites for hydroxylation is 3. The molecule has 0 bridgehead atoms. The van der Waals surface area contributed by atoms with Gasteiger partial charge in [0.15, 0.2) is 11.5 Å². The third-order valence-electron chi connectivity index (χ3n) is 5.15. The number of urea groups is 1. The van der Waals surface area contributed by atoms with Crippen molar-refractivity contribution in [3.63, 3.8) is 0 Å². The van der Waals surface area contributed by atoms with Gasteiger partial charge in [0, 0.05) is 43.6 Å². The fraction of sp³-hybridized carbons (Fsp3) is 0.409. The van der Waals surface area contributed by atoms with Crippen LogP contribution in [0.5, 0.6) is 11.5 Å². The van der Waals surface area contributed by atoms with Gasteiger partial charge in [-0.2, -0.15) is 0 Å². The molecule has 1 N–H and O–H groups in total. The Bertz CT molecular complexity index is 835. The Morgan fingerprint density at radius 2 is 1.50 bits per heavy atom. The van der Waals surface area contributed by atoms with E-state index in [4.69, 9.17) is 9.47 Å². The number of methoxy groups -OCH3 is 2. The van der Waals surface area contributed by atoms with Gasteiger partial charge in [-0.1, -0.05) is 17.7 Å². The summed E-state index contributed by atoms with van der Waals surface area (Å²) in [6.45, 7) is 9.46. The van der Waals surface area contributed by atoms with Gasteiger partial charge < -0.3 is 24.6 Å². The lowest BCUT2D eigenvalue weighted by Gasteiger charge is -2.37. The Morgan fingerprint density at radius 3 is 2.07 bits per heavy atom. The molecule has 1 aliphatic heterocycles. The zero-order valence-electron chi connectivity index (χ0n) is 17.3. The first-order valence-electron chi connectivity index (χ1n) is 9.53. The summed E-state index contributed by atoms with van der Waals surface area (Å²) >= 11 is 0. The van der Waals surface area contributed by atoms with Crippen molar-refractivity contribution in [2.45, 2.75) is 20.8 Å². The van der Waals surface area contributed by atoms with E-state index in [0.717, 1.165) is 13.1 Å². The molecule has 0 aromatic heterocycles. The maximum atomic E-state index is 12.7. The Balaban J connectivity index is 1.63. The lowest BCUT2D eigenvalue weighted by Crippen LogP contribution is -2.50. The number of piperazine rings is 1. The van der Waals surface area contributed by atoms with E-state index in [-0.39, 0.29) is 6.03 Å². The molecule has 6 nitrogen and oxygen atoms in total. The van der Waals surface area contributed by atoms with Crippen molar-refractivity contribution in [2.24, 2.45) is 0 Å². The number of nitrogens with one attached hydrogen (secondary N) is 1. The first-order chi connectivity index (χ1) is 13.4. The second kappa shape index (κ2) is 8.42. The number of rotatable bonds is 4. The smallest absolute Gasteiger partial charge is 0.321 e. The summed E-state index contributed by atoms with van der Waals surface area (Å²) in [5, 5.41) is 2.96. The molecule has 0 saturated carbocycles. The van der Waals surface area contributed by atoms with E-state index in [9.17, 15) is 4.79 Å². The maximum absolute atomic E-state index is 12.7. The molecule has 1 fully saturated rings. The number of carbonyl (C=O) groups excluding carboxylic acids is 1. The molecule has 2 amide bonds. The highest BCUT2D eigenvalue weighted by Crippen LogP contribution is 2.30. The summed E-state index contributed by atoms with van der Waals surface area (Å²) in [7, 11) is 3.17. The largest absolute Gasteiger partial charge is 0.493 e. The van der Waals surface area contributed by atoms with Crippen LogP contribution in [0.1, 0.15) is 16.7 Å². The Labute approximate surface area is 167 Å². The Kier molecular flexibility index (Phi) is 5.97. The lowest BCUT2D eigenvalue weighted by atomic mass is 10.0. The second-order valence-corrected chi connectivity index (χ2v) is 7.22. The van der Waals surface area contributed by atoms with Crippen LogP contribution in [0, 0.1) is 20.8 Å². The predicted octanol–water partition coefficient (Wildman–Crippen LogP) is 3.98. The number of nitrogens with zero attached hydrogens (tertiary/aromatic N) is 2. The van der Waals surface area contributed by atoms with Gasteiger partial charge in [-0.15, -0.1) is 0 Å². The number of ether oxygens (including phenoxy) is 2. The van der Waals surface area contributed by atoms with E-state index in [1.807, 2.05) is 11.0 Å². The third kappa shape index (κ3) is 4.16. The van der Waals surface area contributed by atoms with Crippen LogP contribution in [0.4, 0.5) is 16.2 Å². The summed E-state index contributed by atoms with van der Waals surface area (Å²) < 4.78 is 10.5. The third-order valence-corrected chi connectivity index (χ3v) is 5.15. The average molecular weight is 383 g/mol. The van der Waals surface area contributed by atoms with Gasteiger partial charge in [-0.3, -0.25) is 0 Å². The van der Waals surface area contributed by atoms with Crippen LogP contribution in [0.25, 0.3) is 0 Å². The Morgan fingerprint density at radius 1 is 0.893 bits per heavy atom. The summed E-state index contributed by atoms with van der Waals surface area (Å²) in [5.41, 5.74) is 5.86. The molecule has 0 unspecified atom stereocenters. The number of hydrogen-bond acceptors (Lipinski definition) is 4. The van der Waals surface area contributed by atoms with Crippen molar-refractivity contribution < 1.29 is 14.3 Å². The topological polar surface area (TPSA) is 54.0 Å². The molecule has 0 atom stereocenters. The Hall–Kier alpha value is -2.89. The molecule has 3 rings (SSSR count). The van der Waals surface area contributed by atoms with Crippen molar-refractivity contribution >= 4 is 17.4 Å². The van der Waals surface area contributed by atoms with Crippen LogP contribution in [-0.4, -0.2) is 51.3 Å². The highest BCUT2D eigenvalue weighted by atomic mass is 16.5. The highest BCUT2D eigenvalue weighted by molar-refractivity contribution is 5.90. The SMILES string of the molecule is COc1ccc(NC(=O)N2CCN(c3c(C)cc(C)cc3C)CC2)cc1OC. The maximum Gasteiger partial charge on any atom is 0.321 e. The van der Waals surface area contributed by atoms with Gasteiger partial charge in [0.1, 0.15) is 0 Å². The van der Waals surface area contributed by atoms with Crippen LogP contribution in [0.15, 0.2) is 30.3 Å².